The van der Waals surface area contributed by atoms with Crippen LogP contribution < -0.4 is 16.7 Å². The van der Waals surface area contributed by atoms with E-state index in [1.54, 1.807) is 13.8 Å². The zero-order valence-corrected chi connectivity index (χ0v) is 17.2. The maximum atomic E-state index is 12.3. The molecule has 14 heteroatoms. The molecule has 0 aromatic carbocycles. The number of rotatable bonds is 8. The van der Waals surface area contributed by atoms with Crippen molar-refractivity contribution < 1.29 is 37.9 Å². The van der Waals surface area contributed by atoms with E-state index in [0.717, 1.165) is 25.0 Å². The SMILES string of the molecule is COP(=O)(OC)OCC1OC(n2cc(C(=O)NC(C)C)c(N)nc2=O)C(O)[C@H]1O. The van der Waals surface area contributed by atoms with E-state index in [2.05, 4.69) is 19.3 Å². The van der Waals surface area contributed by atoms with Crippen molar-refractivity contribution in [2.24, 2.45) is 0 Å². The number of aliphatic hydroxyl groups excluding tert-OH is 2. The minimum atomic E-state index is -3.85. The lowest BCUT2D eigenvalue weighted by atomic mass is 10.1. The Hall–Kier alpha value is -1.86. The number of aromatic nitrogens is 2. The molecule has 2 heterocycles. The third-order valence-electron chi connectivity index (χ3n) is 4.10. The van der Waals surface area contributed by atoms with E-state index < -0.39 is 50.6 Å². The molecule has 0 radical (unpaired) electrons. The second-order valence-electron chi connectivity index (χ2n) is 6.51. The van der Waals surface area contributed by atoms with Gasteiger partial charge < -0.3 is 26.0 Å². The van der Waals surface area contributed by atoms with Crippen molar-refractivity contribution in [3.63, 3.8) is 0 Å². The first-order valence-electron chi connectivity index (χ1n) is 8.60. The number of carbonyl (C=O) groups is 1. The van der Waals surface area contributed by atoms with Crippen LogP contribution in [0.5, 0.6) is 0 Å². The first kappa shape index (κ1) is 23.4. The van der Waals surface area contributed by atoms with Gasteiger partial charge in [-0.1, -0.05) is 0 Å². The van der Waals surface area contributed by atoms with Crippen molar-refractivity contribution in [2.75, 3.05) is 26.6 Å². The molecule has 29 heavy (non-hydrogen) atoms. The van der Waals surface area contributed by atoms with E-state index in [4.69, 9.17) is 15.0 Å². The Bertz CT molecular complexity index is 838. The summed E-state index contributed by atoms with van der Waals surface area (Å²) in [6.07, 6.45) is -4.56. The van der Waals surface area contributed by atoms with E-state index in [1.807, 2.05) is 0 Å². The van der Waals surface area contributed by atoms with Crippen molar-refractivity contribution in [1.29, 1.82) is 0 Å². The average Bonchev–Trinajstić information content (AvgIpc) is 2.94. The molecule has 1 aliphatic heterocycles. The highest BCUT2D eigenvalue weighted by Crippen LogP contribution is 2.48. The first-order chi connectivity index (χ1) is 13.5. The number of nitrogens with two attached hydrogens (primary N) is 1. The van der Waals surface area contributed by atoms with Crippen LogP contribution in [0.2, 0.25) is 0 Å². The van der Waals surface area contributed by atoms with Gasteiger partial charge >= 0.3 is 13.5 Å². The molecule has 1 amide bonds. The molecule has 0 bridgehead atoms. The minimum Gasteiger partial charge on any atom is -0.387 e. The third-order valence-corrected chi connectivity index (χ3v) is 5.46. The van der Waals surface area contributed by atoms with Crippen LogP contribution in [0, 0.1) is 0 Å². The lowest BCUT2D eigenvalue weighted by molar-refractivity contribution is -0.0552. The number of carbonyl (C=O) groups excluding carboxylic acids is 1. The molecule has 164 valence electrons. The number of amides is 1. The average molecular weight is 436 g/mol. The Labute approximate surface area is 166 Å². The Morgan fingerprint density at radius 1 is 1.38 bits per heavy atom. The van der Waals surface area contributed by atoms with Crippen LogP contribution in [0.25, 0.3) is 0 Å². The van der Waals surface area contributed by atoms with E-state index >= 15 is 0 Å². The predicted octanol–water partition coefficient (Wildman–Crippen LogP) is -1.000. The number of phosphoric acid groups is 1. The molecule has 5 N–H and O–H groups in total. The molecule has 2 rings (SSSR count). The number of nitrogens with one attached hydrogen (secondary N) is 1. The number of hydrogen-bond donors (Lipinski definition) is 4. The van der Waals surface area contributed by atoms with Gasteiger partial charge in [-0.3, -0.25) is 22.9 Å². The van der Waals surface area contributed by atoms with Gasteiger partial charge in [-0.05, 0) is 13.8 Å². The van der Waals surface area contributed by atoms with Crippen molar-refractivity contribution in [2.45, 2.75) is 44.4 Å². The van der Waals surface area contributed by atoms with Crippen molar-refractivity contribution in [3.8, 4) is 0 Å². The third kappa shape index (κ3) is 5.20. The second-order valence-corrected chi connectivity index (χ2v) is 8.40. The molecule has 1 aromatic heterocycles. The normalized spacial score (nSPS) is 24.8. The highest BCUT2D eigenvalue weighted by molar-refractivity contribution is 7.48. The molecule has 0 spiro atoms. The Morgan fingerprint density at radius 3 is 2.55 bits per heavy atom. The van der Waals surface area contributed by atoms with Gasteiger partial charge in [-0.25, -0.2) is 9.36 Å². The highest BCUT2D eigenvalue weighted by Gasteiger charge is 2.45. The smallest absolute Gasteiger partial charge is 0.387 e. The molecular formula is C15H25N4O9P. The largest absolute Gasteiger partial charge is 0.474 e. The van der Waals surface area contributed by atoms with Crippen LogP contribution in [0.4, 0.5) is 5.82 Å². The minimum absolute atomic E-state index is 0.105. The number of hydrogen-bond acceptors (Lipinski definition) is 11. The number of phosphoric ester groups is 1. The second kappa shape index (κ2) is 9.30. The van der Waals surface area contributed by atoms with E-state index in [0.29, 0.717) is 0 Å². The lowest BCUT2D eigenvalue weighted by Crippen LogP contribution is -2.38. The predicted molar refractivity (Wildman–Crippen MR) is 99.0 cm³/mol. The number of aliphatic hydroxyl groups is 2. The zero-order chi connectivity index (χ0) is 21.9. The van der Waals surface area contributed by atoms with Gasteiger partial charge in [0.25, 0.3) is 5.91 Å². The molecule has 1 saturated heterocycles. The zero-order valence-electron chi connectivity index (χ0n) is 16.3. The Balaban J connectivity index is 2.27. The summed E-state index contributed by atoms with van der Waals surface area (Å²) in [5.74, 6) is -0.869. The summed E-state index contributed by atoms with van der Waals surface area (Å²) in [5.41, 5.74) is 4.66. The standard InChI is InChI=1S/C15H25N4O9P/c1-7(2)17-13(22)8-5-19(15(23)18-12(8)16)14-11(21)10(20)9(28-14)6-27-29(24,25-3)26-4/h5,7,9-11,14,20-21H,6H2,1-4H3,(H,17,22)(H2,16,18,23)/t9?,10-,11?,14?/m0/s1. The summed E-state index contributed by atoms with van der Waals surface area (Å²) in [6.45, 7) is 3.01. The number of anilines is 1. The van der Waals surface area contributed by atoms with Gasteiger partial charge in [0.05, 0.1) is 12.2 Å². The fraction of sp³-hybridized carbons (Fsp3) is 0.667. The van der Waals surface area contributed by atoms with Gasteiger partial charge in [0.15, 0.2) is 6.23 Å². The maximum Gasteiger partial charge on any atom is 0.474 e. The van der Waals surface area contributed by atoms with Crippen LogP contribution >= 0.6 is 7.82 Å². The fourth-order valence-electron chi connectivity index (χ4n) is 2.62. The van der Waals surface area contributed by atoms with Crippen LogP contribution in [0.15, 0.2) is 11.0 Å². The lowest BCUT2D eigenvalue weighted by Gasteiger charge is -2.19. The Kier molecular flexibility index (Phi) is 7.51. The summed E-state index contributed by atoms with van der Waals surface area (Å²) >= 11 is 0. The quantitative estimate of drug-likeness (QED) is 0.366. The van der Waals surface area contributed by atoms with E-state index in [9.17, 15) is 24.4 Å². The molecule has 1 fully saturated rings. The number of nitrogen functional groups attached to an aromatic ring is 1. The van der Waals surface area contributed by atoms with Gasteiger partial charge in [0.2, 0.25) is 0 Å². The van der Waals surface area contributed by atoms with Crippen molar-refractivity contribution in [1.82, 2.24) is 14.9 Å². The van der Waals surface area contributed by atoms with Crippen LogP contribution in [0.3, 0.4) is 0 Å². The summed E-state index contributed by atoms with van der Waals surface area (Å²) in [4.78, 5) is 28.1. The van der Waals surface area contributed by atoms with Gasteiger partial charge in [0.1, 0.15) is 24.1 Å². The van der Waals surface area contributed by atoms with Crippen LogP contribution in [-0.2, 0) is 22.9 Å². The number of nitrogens with zero attached hydrogens (tertiary/aromatic N) is 2. The molecule has 3 unspecified atom stereocenters. The summed E-state index contributed by atoms with van der Waals surface area (Å²) in [7, 11) is -1.63. The summed E-state index contributed by atoms with van der Waals surface area (Å²) < 4.78 is 32.5. The Morgan fingerprint density at radius 2 is 2.00 bits per heavy atom. The van der Waals surface area contributed by atoms with Gasteiger partial charge in [-0.2, -0.15) is 4.98 Å². The van der Waals surface area contributed by atoms with Crippen molar-refractivity contribution >= 4 is 19.5 Å². The van der Waals surface area contributed by atoms with Crippen LogP contribution in [-0.4, -0.2) is 70.9 Å². The monoisotopic (exact) mass is 436 g/mol. The molecule has 0 aliphatic carbocycles. The summed E-state index contributed by atoms with van der Waals surface area (Å²) in [6, 6.07) is -0.198. The molecule has 1 aliphatic rings. The molecule has 13 nitrogen and oxygen atoms in total. The highest BCUT2D eigenvalue weighted by atomic mass is 31.2. The van der Waals surface area contributed by atoms with E-state index in [1.165, 1.54) is 0 Å². The summed E-state index contributed by atoms with van der Waals surface area (Å²) in [5, 5.41) is 23.1. The molecular weight excluding hydrogens is 411 g/mol. The van der Waals surface area contributed by atoms with E-state index in [-0.39, 0.29) is 17.4 Å². The topological polar surface area (TPSA) is 184 Å². The maximum absolute atomic E-state index is 12.3. The fourth-order valence-corrected chi connectivity index (χ4v) is 3.31. The van der Waals surface area contributed by atoms with Crippen molar-refractivity contribution in [3.05, 3.63) is 22.2 Å². The van der Waals surface area contributed by atoms with Gasteiger partial charge in [-0.15, -0.1) is 0 Å². The van der Waals surface area contributed by atoms with Crippen LogP contribution in [0.1, 0.15) is 30.4 Å². The molecule has 1 aromatic rings. The first-order valence-corrected chi connectivity index (χ1v) is 10.1. The van der Waals surface area contributed by atoms with Gasteiger partial charge in [0, 0.05) is 26.5 Å². The molecule has 0 saturated carbocycles. The number of ether oxygens (including phenoxy) is 1. The molecule has 4 atom stereocenters.